The molecule has 118 valence electrons. The SMILES string of the molecule is Cc1cc(Cl)c(C(C)C)cc1OCC1(CBr)CCOCC1. The molecule has 1 heterocycles. The number of benzene rings is 1. The van der Waals surface area contributed by atoms with E-state index in [0.717, 1.165) is 59.9 Å². The van der Waals surface area contributed by atoms with Crippen molar-refractivity contribution in [2.75, 3.05) is 25.2 Å². The zero-order valence-corrected chi connectivity index (χ0v) is 15.4. The van der Waals surface area contributed by atoms with Crippen LogP contribution in [-0.4, -0.2) is 25.2 Å². The Morgan fingerprint density at radius 1 is 1.33 bits per heavy atom. The fraction of sp³-hybridized carbons (Fsp3) is 0.647. The molecular weight excluding hydrogens is 352 g/mol. The van der Waals surface area contributed by atoms with Crippen LogP contribution in [0.15, 0.2) is 12.1 Å². The largest absolute Gasteiger partial charge is 0.493 e. The highest BCUT2D eigenvalue weighted by Gasteiger charge is 2.32. The number of ether oxygens (including phenoxy) is 2. The summed E-state index contributed by atoms with van der Waals surface area (Å²) in [6, 6.07) is 4.11. The Balaban J connectivity index is 2.13. The van der Waals surface area contributed by atoms with Gasteiger partial charge in [-0.3, -0.25) is 0 Å². The van der Waals surface area contributed by atoms with Gasteiger partial charge in [-0.05, 0) is 48.9 Å². The molecule has 0 radical (unpaired) electrons. The second-order valence-electron chi connectivity index (χ2n) is 6.33. The van der Waals surface area contributed by atoms with Gasteiger partial charge in [-0.1, -0.05) is 41.4 Å². The van der Waals surface area contributed by atoms with Gasteiger partial charge in [-0.25, -0.2) is 0 Å². The summed E-state index contributed by atoms with van der Waals surface area (Å²) >= 11 is 9.97. The van der Waals surface area contributed by atoms with Crippen molar-refractivity contribution in [1.29, 1.82) is 0 Å². The average molecular weight is 376 g/mol. The molecular formula is C17H24BrClO2. The summed E-state index contributed by atoms with van der Waals surface area (Å²) in [6.45, 7) is 8.73. The normalized spacial score (nSPS) is 18.0. The molecule has 21 heavy (non-hydrogen) atoms. The van der Waals surface area contributed by atoms with Gasteiger partial charge in [-0.2, -0.15) is 0 Å². The quantitative estimate of drug-likeness (QED) is 0.646. The first-order chi connectivity index (χ1) is 9.97. The molecule has 0 N–H and O–H groups in total. The maximum atomic E-state index is 6.32. The molecule has 2 nitrogen and oxygen atoms in total. The van der Waals surface area contributed by atoms with Gasteiger partial charge in [0, 0.05) is 29.0 Å². The first kappa shape index (κ1) is 17.1. The molecule has 1 saturated heterocycles. The van der Waals surface area contributed by atoms with Crippen molar-refractivity contribution in [1.82, 2.24) is 0 Å². The smallest absolute Gasteiger partial charge is 0.122 e. The zero-order chi connectivity index (χ0) is 15.5. The Hall–Kier alpha value is -0.250. The standard InChI is InChI=1S/C17H24BrClO2/c1-12(2)14-9-16(13(3)8-15(14)19)21-11-17(10-18)4-6-20-7-5-17/h8-9,12H,4-7,10-11H2,1-3H3. The molecule has 2 rings (SSSR count). The molecule has 1 aromatic carbocycles. The van der Waals surface area contributed by atoms with Crippen LogP contribution in [0.4, 0.5) is 0 Å². The zero-order valence-electron chi connectivity index (χ0n) is 13.0. The number of hydrogen-bond donors (Lipinski definition) is 0. The first-order valence-electron chi connectivity index (χ1n) is 7.54. The number of halogens is 2. The molecule has 1 fully saturated rings. The van der Waals surface area contributed by atoms with E-state index in [1.54, 1.807) is 0 Å². The third-order valence-corrected chi connectivity index (χ3v) is 5.80. The molecule has 1 aliphatic rings. The van der Waals surface area contributed by atoms with Crippen molar-refractivity contribution in [3.63, 3.8) is 0 Å². The molecule has 0 aliphatic carbocycles. The summed E-state index contributed by atoms with van der Waals surface area (Å²) in [7, 11) is 0. The van der Waals surface area contributed by atoms with E-state index in [-0.39, 0.29) is 5.41 Å². The van der Waals surface area contributed by atoms with Crippen LogP contribution in [0.25, 0.3) is 0 Å². The molecule has 1 aliphatic heterocycles. The van der Waals surface area contributed by atoms with E-state index in [4.69, 9.17) is 21.1 Å². The van der Waals surface area contributed by atoms with Gasteiger partial charge in [0.15, 0.2) is 0 Å². The van der Waals surface area contributed by atoms with Crippen LogP contribution >= 0.6 is 27.5 Å². The Kier molecular flexibility index (Phi) is 5.98. The third-order valence-electron chi connectivity index (χ3n) is 4.29. The van der Waals surface area contributed by atoms with Crippen molar-refractivity contribution < 1.29 is 9.47 Å². The maximum Gasteiger partial charge on any atom is 0.122 e. The van der Waals surface area contributed by atoms with Crippen molar-refractivity contribution in [2.45, 2.75) is 39.5 Å². The van der Waals surface area contributed by atoms with Crippen molar-refractivity contribution in [3.05, 3.63) is 28.3 Å². The van der Waals surface area contributed by atoms with Crippen LogP contribution in [0.5, 0.6) is 5.75 Å². The Morgan fingerprint density at radius 2 is 2.00 bits per heavy atom. The van der Waals surface area contributed by atoms with Crippen LogP contribution in [-0.2, 0) is 4.74 Å². The summed E-state index contributed by atoms with van der Waals surface area (Å²) in [6.07, 6.45) is 2.09. The fourth-order valence-corrected chi connectivity index (χ4v) is 3.78. The van der Waals surface area contributed by atoms with E-state index in [1.807, 2.05) is 6.07 Å². The van der Waals surface area contributed by atoms with E-state index >= 15 is 0 Å². The van der Waals surface area contributed by atoms with Gasteiger partial charge in [0.05, 0.1) is 6.61 Å². The highest BCUT2D eigenvalue weighted by Crippen LogP contribution is 2.36. The monoisotopic (exact) mass is 374 g/mol. The summed E-state index contributed by atoms with van der Waals surface area (Å²) in [5.41, 5.74) is 2.43. The molecule has 4 heteroatoms. The predicted molar refractivity (Wildman–Crippen MR) is 92.1 cm³/mol. The fourth-order valence-electron chi connectivity index (χ4n) is 2.62. The van der Waals surface area contributed by atoms with Crippen LogP contribution in [0.1, 0.15) is 43.7 Å². The highest BCUT2D eigenvalue weighted by molar-refractivity contribution is 9.09. The van der Waals surface area contributed by atoms with Crippen LogP contribution < -0.4 is 4.74 Å². The van der Waals surface area contributed by atoms with E-state index in [2.05, 4.69) is 42.8 Å². The molecule has 0 spiro atoms. The number of aryl methyl sites for hydroxylation is 1. The predicted octanol–water partition coefficient (Wildman–Crippen LogP) is 5.34. The van der Waals surface area contributed by atoms with Crippen LogP contribution in [0, 0.1) is 12.3 Å². The molecule has 0 aromatic heterocycles. The summed E-state index contributed by atoms with van der Waals surface area (Å²) in [4.78, 5) is 0. The van der Waals surface area contributed by atoms with Gasteiger partial charge >= 0.3 is 0 Å². The Morgan fingerprint density at radius 3 is 2.57 bits per heavy atom. The average Bonchev–Trinajstić information content (AvgIpc) is 2.47. The van der Waals surface area contributed by atoms with E-state index in [1.165, 1.54) is 0 Å². The minimum atomic E-state index is 0.183. The van der Waals surface area contributed by atoms with Gasteiger partial charge < -0.3 is 9.47 Å². The molecule has 0 unspecified atom stereocenters. The summed E-state index contributed by atoms with van der Waals surface area (Å²) < 4.78 is 11.6. The van der Waals surface area contributed by atoms with Crippen molar-refractivity contribution >= 4 is 27.5 Å². The number of rotatable bonds is 5. The van der Waals surface area contributed by atoms with E-state index in [0.29, 0.717) is 5.92 Å². The maximum absolute atomic E-state index is 6.32. The highest BCUT2D eigenvalue weighted by atomic mass is 79.9. The second-order valence-corrected chi connectivity index (χ2v) is 7.30. The lowest BCUT2D eigenvalue weighted by molar-refractivity contribution is 0.00342. The topological polar surface area (TPSA) is 18.5 Å². The molecule has 0 atom stereocenters. The third kappa shape index (κ3) is 4.14. The minimum Gasteiger partial charge on any atom is -0.493 e. The number of alkyl halides is 1. The summed E-state index contributed by atoms with van der Waals surface area (Å²) in [5.74, 6) is 1.35. The van der Waals surface area contributed by atoms with Crippen molar-refractivity contribution in [3.8, 4) is 5.75 Å². The lowest BCUT2D eigenvalue weighted by Crippen LogP contribution is -2.36. The summed E-state index contributed by atoms with van der Waals surface area (Å²) in [5, 5.41) is 1.78. The lowest BCUT2D eigenvalue weighted by Gasteiger charge is -2.35. The Bertz CT molecular complexity index is 482. The molecule has 0 bridgehead atoms. The first-order valence-corrected chi connectivity index (χ1v) is 9.04. The van der Waals surface area contributed by atoms with E-state index < -0.39 is 0 Å². The van der Waals surface area contributed by atoms with Gasteiger partial charge in [-0.15, -0.1) is 0 Å². The molecule has 0 saturated carbocycles. The minimum absolute atomic E-state index is 0.183. The van der Waals surface area contributed by atoms with Crippen LogP contribution in [0.3, 0.4) is 0 Å². The van der Waals surface area contributed by atoms with E-state index in [9.17, 15) is 0 Å². The van der Waals surface area contributed by atoms with Gasteiger partial charge in [0.1, 0.15) is 5.75 Å². The number of hydrogen-bond acceptors (Lipinski definition) is 2. The second kappa shape index (κ2) is 7.34. The van der Waals surface area contributed by atoms with Crippen molar-refractivity contribution in [2.24, 2.45) is 5.41 Å². The van der Waals surface area contributed by atoms with Crippen LogP contribution in [0.2, 0.25) is 5.02 Å². The Labute approximate surface area is 141 Å². The molecule has 1 aromatic rings. The molecule has 0 amide bonds. The van der Waals surface area contributed by atoms with Gasteiger partial charge in [0.2, 0.25) is 0 Å². The van der Waals surface area contributed by atoms with Gasteiger partial charge in [0.25, 0.3) is 0 Å². The lowest BCUT2D eigenvalue weighted by atomic mass is 9.83.